The zero-order chi connectivity index (χ0) is 10.8. The molecule has 14 heavy (non-hydrogen) atoms. The molecule has 0 aliphatic carbocycles. The summed E-state index contributed by atoms with van der Waals surface area (Å²) in [6.45, 7) is 10.1. The molecule has 1 unspecified atom stereocenters. The molecular weight excluding hydrogens is 178 g/mol. The molecular formula is C11H23NO2. The molecule has 0 radical (unpaired) electrons. The Hall–Kier alpha value is -0.380. The molecule has 0 saturated heterocycles. The SMILES string of the molecule is C=CCC(NCCOCCO)C(C)C. The largest absolute Gasteiger partial charge is 0.394 e. The molecule has 0 saturated carbocycles. The van der Waals surface area contributed by atoms with Crippen LogP contribution in [0.2, 0.25) is 0 Å². The third-order valence-electron chi connectivity index (χ3n) is 2.11. The van der Waals surface area contributed by atoms with Gasteiger partial charge in [0, 0.05) is 12.6 Å². The van der Waals surface area contributed by atoms with Crippen molar-refractivity contribution < 1.29 is 9.84 Å². The molecule has 1 atom stereocenters. The summed E-state index contributed by atoms with van der Waals surface area (Å²) in [4.78, 5) is 0. The maximum Gasteiger partial charge on any atom is 0.0698 e. The normalized spacial score (nSPS) is 13.1. The van der Waals surface area contributed by atoms with Gasteiger partial charge in [0.05, 0.1) is 19.8 Å². The lowest BCUT2D eigenvalue weighted by atomic mass is 10.0. The van der Waals surface area contributed by atoms with Gasteiger partial charge in [-0.1, -0.05) is 19.9 Å². The highest BCUT2D eigenvalue weighted by atomic mass is 16.5. The fourth-order valence-electron chi connectivity index (χ4n) is 1.25. The number of rotatable bonds is 9. The highest BCUT2D eigenvalue weighted by Crippen LogP contribution is 2.05. The minimum Gasteiger partial charge on any atom is -0.394 e. The van der Waals surface area contributed by atoms with Crippen molar-refractivity contribution in [1.29, 1.82) is 0 Å². The van der Waals surface area contributed by atoms with Crippen molar-refractivity contribution in [2.24, 2.45) is 5.92 Å². The van der Waals surface area contributed by atoms with Crippen molar-refractivity contribution >= 4 is 0 Å². The van der Waals surface area contributed by atoms with E-state index in [4.69, 9.17) is 9.84 Å². The van der Waals surface area contributed by atoms with Crippen molar-refractivity contribution in [2.45, 2.75) is 26.3 Å². The van der Waals surface area contributed by atoms with Crippen LogP contribution in [0.5, 0.6) is 0 Å². The fraction of sp³-hybridized carbons (Fsp3) is 0.818. The van der Waals surface area contributed by atoms with Gasteiger partial charge in [-0.25, -0.2) is 0 Å². The number of hydrogen-bond acceptors (Lipinski definition) is 3. The van der Waals surface area contributed by atoms with Gasteiger partial charge in [0.25, 0.3) is 0 Å². The van der Waals surface area contributed by atoms with Crippen molar-refractivity contribution in [1.82, 2.24) is 5.32 Å². The Bertz CT molecular complexity index is 137. The molecule has 0 amide bonds. The first-order valence-corrected chi connectivity index (χ1v) is 5.25. The van der Waals surface area contributed by atoms with E-state index in [2.05, 4.69) is 25.7 Å². The summed E-state index contributed by atoms with van der Waals surface area (Å²) in [5, 5.41) is 11.9. The molecule has 0 fully saturated rings. The Morgan fingerprint density at radius 2 is 2.14 bits per heavy atom. The summed E-state index contributed by atoms with van der Waals surface area (Å²) in [6, 6.07) is 0.477. The van der Waals surface area contributed by atoms with Gasteiger partial charge in [-0.05, 0) is 12.3 Å². The summed E-state index contributed by atoms with van der Waals surface area (Å²) in [5.41, 5.74) is 0. The molecule has 0 aliphatic heterocycles. The van der Waals surface area contributed by atoms with Gasteiger partial charge in [-0.15, -0.1) is 6.58 Å². The zero-order valence-electron chi connectivity index (χ0n) is 9.33. The van der Waals surface area contributed by atoms with Crippen LogP contribution in [0.4, 0.5) is 0 Å². The molecule has 0 bridgehead atoms. The van der Waals surface area contributed by atoms with Crippen molar-refractivity contribution in [2.75, 3.05) is 26.4 Å². The van der Waals surface area contributed by atoms with Gasteiger partial charge in [0.2, 0.25) is 0 Å². The third-order valence-corrected chi connectivity index (χ3v) is 2.11. The molecule has 0 aromatic carbocycles. The standard InChI is InChI=1S/C11H23NO2/c1-4-5-11(10(2)3)12-6-8-14-9-7-13/h4,10-13H,1,5-9H2,2-3H3. The Labute approximate surface area is 87.2 Å². The summed E-state index contributed by atoms with van der Waals surface area (Å²) < 4.78 is 5.15. The van der Waals surface area contributed by atoms with Crippen molar-refractivity contribution in [3.05, 3.63) is 12.7 Å². The van der Waals surface area contributed by atoms with Crippen LogP contribution in [-0.4, -0.2) is 37.5 Å². The van der Waals surface area contributed by atoms with E-state index in [1.165, 1.54) is 0 Å². The molecule has 0 aliphatic rings. The molecule has 0 aromatic heterocycles. The van der Waals surface area contributed by atoms with E-state index in [1.54, 1.807) is 0 Å². The lowest BCUT2D eigenvalue weighted by molar-refractivity contribution is 0.0917. The number of nitrogens with one attached hydrogen (secondary N) is 1. The Kier molecular flexibility index (Phi) is 8.94. The lowest BCUT2D eigenvalue weighted by Gasteiger charge is -2.20. The van der Waals surface area contributed by atoms with Crippen molar-refractivity contribution in [3.63, 3.8) is 0 Å². The van der Waals surface area contributed by atoms with E-state index < -0.39 is 0 Å². The lowest BCUT2D eigenvalue weighted by Crippen LogP contribution is -2.35. The summed E-state index contributed by atoms with van der Waals surface area (Å²) in [6.07, 6.45) is 2.92. The van der Waals surface area contributed by atoms with Crippen molar-refractivity contribution in [3.8, 4) is 0 Å². The van der Waals surface area contributed by atoms with Crippen LogP contribution in [-0.2, 0) is 4.74 Å². The van der Waals surface area contributed by atoms with Gasteiger partial charge in [0.15, 0.2) is 0 Å². The zero-order valence-corrected chi connectivity index (χ0v) is 9.33. The third kappa shape index (κ3) is 7.06. The van der Waals surface area contributed by atoms with E-state index in [-0.39, 0.29) is 6.61 Å². The van der Waals surface area contributed by atoms with E-state index in [0.29, 0.717) is 25.2 Å². The molecule has 2 N–H and O–H groups in total. The van der Waals surface area contributed by atoms with Gasteiger partial charge >= 0.3 is 0 Å². The number of aliphatic hydroxyl groups is 1. The summed E-state index contributed by atoms with van der Waals surface area (Å²) >= 11 is 0. The van der Waals surface area contributed by atoms with Crippen LogP contribution >= 0.6 is 0 Å². The Balaban J connectivity index is 3.45. The van der Waals surface area contributed by atoms with Gasteiger partial charge in [-0.2, -0.15) is 0 Å². The Morgan fingerprint density at radius 1 is 1.43 bits per heavy atom. The summed E-state index contributed by atoms with van der Waals surface area (Å²) in [5.74, 6) is 0.603. The van der Waals surface area contributed by atoms with Gasteiger partial charge in [-0.3, -0.25) is 0 Å². The first-order valence-electron chi connectivity index (χ1n) is 5.25. The minimum absolute atomic E-state index is 0.0975. The van der Waals surface area contributed by atoms with Crippen LogP contribution in [0.25, 0.3) is 0 Å². The monoisotopic (exact) mass is 201 g/mol. The first kappa shape index (κ1) is 13.6. The maximum absolute atomic E-state index is 8.49. The van der Waals surface area contributed by atoms with Crippen LogP contribution in [0.1, 0.15) is 20.3 Å². The first-order chi connectivity index (χ1) is 6.72. The average Bonchev–Trinajstić information content (AvgIpc) is 2.15. The van der Waals surface area contributed by atoms with Gasteiger partial charge < -0.3 is 15.2 Å². The fourth-order valence-corrected chi connectivity index (χ4v) is 1.25. The van der Waals surface area contributed by atoms with Crippen LogP contribution in [0.15, 0.2) is 12.7 Å². The number of hydrogen-bond donors (Lipinski definition) is 2. The van der Waals surface area contributed by atoms with Crippen LogP contribution in [0, 0.1) is 5.92 Å². The molecule has 3 heteroatoms. The average molecular weight is 201 g/mol. The van der Waals surface area contributed by atoms with E-state index in [0.717, 1.165) is 13.0 Å². The quantitative estimate of drug-likeness (QED) is 0.435. The maximum atomic E-state index is 8.49. The van der Waals surface area contributed by atoms with Crippen LogP contribution < -0.4 is 5.32 Å². The predicted octanol–water partition coefficient (Wildman–Crippen LogP) is 1.19. The molecule has 0 aromatic rings. The molecule has 0 spiro atoms. The second-order valence-electron chi connectivity index (χ2n) is 3.66. The molecule has 3 nitrogen and oxygen atoms in total. The second-order valence-corrected chi connectivity index (χ2v) is 3.66. The minimum atomic E-state index is 0.0975. The topological polar surface area (TPSA) is 41.5 Å². The van der Waals surface area contributed by atoms with Gasteiger partial charge in [0.1, 0.15) is 0 Å². The second kappa shape index (κ2) is 9.19. The smallest absolute Gasteiger partial charge is 0.0698 e. The van der Waals surface area contributed by atoms with E-state index in [1.807, 2.05) is 6.08 Å². The highest BCUT2D eigenvalue weighted by molar-refractivity contribution is 4.80. The molecule has 0 heterocycles. The predicted molar refractivity (Wildman–Crippen MR) is 59.3 cm³/mol. The van der Waals surface area contributed by atoms with E-state index >= 15 is 0 Å². The number of aliphatic hydroxyl groups excluding tert-OH is 1. The molecule has 0 rings (SSSR count). The van der Waals surface area contributed by atoms with Crippen LogP contribution in [0.3, 0.4) is 0 Å². The van der Waals surface area contributed by atoms with E-state index in [9.17, 15) is 0 Å². The summed E-state index contributed by atoms with van der Waals surface area (Å²) in [7, 11) is 0. The number of ether oxygens (including phenoxy) is 1. The highest BCUT2D eigenvalue weighted by Gasteiger charge is 2.09. The molecule has 84 valence electrons. The Morgan fingerprint density at radius 3 is 2.64 bits per heavy atom.